The molecule has 18 heavy (non-hydrogen) atoms. The van der Waals surface area contributed by atoms with E-state index in [1.807, 2.05) is 6.07 Å². The minimum atomic E-state index is 0.441. The van der Waals surface area contributed by atoms with E-state index in [4.69, 9.17) is 39.2 Å². The highest BCUT2D eigenvalue weighted by atomic mass is 35.5. The third-order valence-electron chi connectivity index (χ3n) is 2.55. The van der Waals surface area contributed by atoms with Crippen LogP contribution in [-0.2, 0) is 6.54 Å². The van der Waals surface area contributed by atoms with Crippen LogP contribution in [0.15, 0.2) is 16.5 Å². The van der Waals surface area contributed by atoms with Gasteiger partial charge in [0.15, 0.2) is 5.58 Å². The van der Waals surface area contributed by atoms with Gasteiger partial charge in [0.2, 0.25) is 0 Å². The van der Waals surface area contributed by atoms with Crippen molar-refractivity contribution in [2.45, 2.75) is 20.4 Å². The number of furan rings is 1. The number of hydrogen-bond acceptors (Lipinski definition) is 2. The predicted octanol–water partition coefficient (Wildman–Crippen LogP) is 5.14. The smallest absolute Gasteiger partial charge is 0.154 e. The van der Waals surface area contributed by atoms with E-state index in [-0.39, 0.29) is 0 Å². The molecule has 0 atom stereocenters. The monoisotopic (exact) mass is 305 g/mol. The Morgan fingerprint density at radius 2 is 1.89 bits per heavy atom. The van der Waals surface area contributed by atoms with Gasteiger partial charge in [-0.1, -0.05) is 48.7 Å². The van der Waals surface area contributed by atoms with E-state index >= 15 is 0 Å². The third kappa shape index (κ3) is 2.94. The summed E-state index contributed by atoms with van der Waals surface area (Å²) < 4.78 is 5.68. The van der Waals surface area contributed by atoms with Crippen molar-refractivity contribution in [3.05, 3.63) is 33.0 Å². The first-order valence-electron chi connectivity index (χ1n) is 5.75. The van der Waals surface area contributed by atoms with Crippen molar-refractivity contribution < 1.29 is 4.42 Å². The summed E-state index contributed by atoms with van der Waals surface area (Å²) in [5.41, 5.74) is 0.590. The highest BCUT2D eigenvalue weighted by Gasteiger charge is 2.13. The second kappa shape index (κ2) is 5.70. The van der Waals surface area contributed by atoms with Gasteiger partial charge in [-0.15, -0.1) is 0 Å². The van der Waals surface area contributed by atoms with Crippen LogP contribution in [0.3, 0.4) is 0 Å². The van der Waals surface area contributed by atoms with Crippen molar-refractivity contribution in [3.63, 3.8) is 0 Å². The fourth-order valence-electron chi connectivity index (χ4n) is 1.72. The average molecular weight is 307 g/mol. The SMILES string of the molecule is CC(C)CNCc1cc2c(Cl)c(Cl)cc(Cl)c2o1. The molecule has 5 heteroatoms. The van der Waals surface area contributed by atoms with Crippen LogP contribution >= 0.6 is 34.8 Å². The summed E-state index contributed by atoms with van der Waals surface area (Å²) in [6.45, 7) is 5.88. The lowest BCUT2D eigenvalue weighted by atomic mass is 10.2. The molecule has 1 aromatic heterocycles. The molecular formula is C13H14Cl3NO. The van der Waals surface area contributed by atoms with E-state index in [2.05, 4.69) is 19.2 Å². The van der Waals surface area contributed by atoms with Gasteiger partial charge in [0, 0.05) is 5.39 Å². The minimum absolute atomic E-state index is 0.441. The predicted molar refractivity (Wildman–Crippen MR) is 77.8 cm³/mol. The van der Waals surface area contributed by atoms with Gasteiger partial charge in [0.25, 0.3) is 0 Å². The average Bonchev–Trinajstić information content (AvgIpc) is 2.70. The molecule has 2 aromatic rings. The molecule has 1 N–H and O–H groups in total. The van der Waals surface area contributed by atoms with Gasteiger partial charge >= 0.3 is 0 Å². The molecule has 0 saturated carbocycles. The third-order valence-corrected chi connectivity index (χ3v) is 3.63. The summed E-state index contributed by atoms with van der Waals surface area (Å²) in [6, 6.07) is 3.48. The molecule has 98 valence electrons. The topological polar surface area (TPSA) is 25.2 Å². The molecule has 1 aromatic carbocycles. The van der Waals surface area contributed by atoms with Gasteiger partial charge in [0.05, 0.1) is 21.6 Å². The molecule has 0 fully saturated rings. The van der Waals surface area contributed by atoms with Gasteiger partial charge in [-0.05, 0) is 24.6 Å². The van der Waals surface area contributed by atoms with Crippen molar-refractivity contribution in [3.8, 4) is 0 Å². The lowest BCUT2D eigenvalue weighted by molar-refractivity contribution is 0.485. The zero-order valence-corrected chi connectivity index (χ0v) is 12.5. The molecule has 0 aliphatic carbocycles. The maximum atomic E-state index is 6.12. The van der Waals surface area contributed by atoms with Crippen molar-refractivity contribution in [2.24, 2.45) is 5.92 Å². The zero-order chi connectivity index (χ0) is 13.3. The van der Waals surface area contributed by atoms with E-state index < -0.39 is 0 Å². The molecule has 2 rings (SSSR count). The van der Waals surface area contributed by atoms with E-state index in [1.54, 1.807) is 6.07 Å². The molecule has 0 aliphatic heterocycles. The van der Waals surface area contributed by atoms with Crippen LogP contribution in [-0.4, -0.2) is 6.54 Å². The molecule has 0 bridgehead atoms. The van der Waals surface area contributed by atoms with Gasteiger partial charge in [-0.25, -0.2) is 0 Å². The van der Waals surface area contributed by atoms with Gasteiger partial charge in [-0.2, -0.15) is 0 Å². The first-order valence-corrected chi connectivity index (χ1v) is 6.89. The largest absolute Gasteiger partial charge is 0.458 e. The Bertz CT molecular complexity index is 563. The van der Waals surface area contributed by atoms with Crippen molar-refractivity contribution >= 4 is 45.8 Å². The van der Waals surface area contributed by atoms with E-state index in [1.165, 1.54) is 0 Å². The van der Waals surface area contributed by atoms with Crippen LogP contribution < -0.4 is 5.32 Å². The van der Waals surface area contributed by atoms with Crippen LogP contribution in [0.1, 0.15) is 19.6 Å². The molecule has 0 unspecified atom stereocenters. The zero-order valence-electron chi connectivity index (χ0n) is 10.2. The maximum Gasteiger partial charge on any atom is 0.154 e. The number of rotatable bonds is 4. The van der Waals surface area contributed by atoms with Crippen LogP contribution in [0.25, 0.3) is 11.0 Å². The molecule has 2 nitrogen and oxygen atoms in total. The quantitative estimate of drug-likeness (QED) is 0.791. The molecule has 0 saturated heterocycles. The van der Waals surface area contributed by atoms with Gasteiger partial charge in [-0.3, -0.25) is 0 Å². The normalized spacial score (nSPS) is 11.7. The fourth-order valence-corrected chi connectivity index (χ4v) is 2.43. The minimum Gasteiger partial charge on any atom is -0.458 e. The molecular weight excluding hydrogens is 293 g/mol. The number of halogens is 3. The highest BCUT2D eigenvalue weighted by molar-refractivity contribution is 6.47. The Labute approximate surface area is 121 Å². The second-order valence-electron chi connectivity index (χ2n) is 4.63. The van der Waals surface area contributed by atoms with Gasteiger partial charge in [0.1, 0.15) is 5.76 Å². The molecule has 0 radical (unpaired) electrons. The van der Waals surface area contributed by atoms with Crippen LogP contribution in [0.5, 0.6) is 0 Å². The molecule has 0 amide bonds. The lowest BCUT2D eigenvalue weighted by Gasteiger charge is -2.04. The summed E-state index contributed by atoms with van der Waals surface area (Å²) in [5, 5.41) is 5.47. The Kier molecular flexibility index (Phi) is 4.44. The highest BCUT2D eigenvalue weighted by Crippen LogP contribution is 2.37. The van der Waals surface area contributed by atoms with E-state index in [9.17, 15) is 0 Å². The Balaban J connectivity index is 2.27. The summed E-state index contributed by atoms with van der Waals surface area (Å²) >= 11 is 18.2. The van der Waals surface area contributed by atoms with E-state index in [0.717, 1.165) is 17.7 Å². The number of fused-ring (bicyclic) bond motifs is 1. The van der Waals surface area contributed by atoms with Crippen LogP contribution in [0, 0.1) is 5.92 Å². The first-order chi connectivity index (χ1) is 8.49. The fraction of sp³-hybridized carbons (Fsp3) is 0.385. The first kappa shape index (κ1) is 14.0. The van der Waals surface area contributed by atoms with Crippen LogP contribution in [0.2, 0.25) is 15.1 Å². The van der Waals surface area contributed by atoms with Crippen molar-refractivity contribution in [2.75, 3.05) is 6.54 Å². The standard InChI is InChI=1S/C13H14Cl3NO/c1-7(2)5-17-6-8-3-9-12(16)10(14)4-11(15)13(9)18-8/h3-4,7,17H,5-6H2,1-2H3. The van der Waals surface area contributed by atoms with Crippen LogP contribution in [0.4, 0.5) is 0 Å². The Hall–Kier alpha value is -0.410. The Morgan fingerprint density at radius 1 is 1.17 bits per heavy atom. The summed E-state index contributed by atoms with van der Waals surface area (Å²) in [7, 11) is 0. The number of nitrogens with one attached hydrogen (secondary N) is 1. The molecule has 0 aliphatic rings. The summed E-state index contributed by atoms with van der Waals surface area (Å²) in [5.74, 6) is 1.40. The number of benzene rings is 1. The van der Waals surface area contributed by atoms with Crippen molar-refractivity contribution in [1.29, 1.82) is 0 Å². The summed E-state index contributed by atoms with van der Waals surface area (Å²) in [4.78, 5) is 0. The van der Waals surface area contributed by atoms with E-state index in [0.29, 0.717) is 33.1 Å². The maximum absolute atomic E-state index is 6.12. The van der Waals surface area contributed by atoms with Gasteiger partial charge < -0.3 is 9.73 Å². The number of hydrogen-bond donors (Lipinski definition) is 1. The molecule has 0 spiro atoms. The van der Waals surface area contributed by atoms with Crippen molar-refractivity contribution in [1.82, 2.24) is 5.32 Å². The molecule has 1 heterocycles. The second-order valence-corrected chi connectivity index (χ2v) is 5.83. The Morgan fingerprint density at radius 3 is 2.56 bits per heavy atom. The lowest BCUT2D eigenvalue weighted by Crippen LogP contribution is -2.18. The summed E-state index contributed by atoms with van der Waals surface area (Å²) in [6.07, 6.45) is 0.